The van der Waals surface area contributed by atoms with Gasteiger partial charge in [0.15, 0.2) is 0 Å². The van der Waals surface area contributed by atoms with Gasteiger partial charge in [0.1, 0.15) is 18.2 Å². The quantitative estimate of drug-likeness (QED) is 0.634. The molecule has 0 saturated heterocycles. The van der Waals surface area contributed by atoms with Crippen molar-refractivity contribution in [3.8, 4) is 0 Å². The maximum Gasteiger partial charge on any atom is 0.408 e. The Morgan fingerprint density at radius 2 is 1.72 bits per heavy atom. The van der Waals surface area contributed by atoms with Crippen molar-refractivity contribution < 1.29 is 23.9 Å². The molecule has 0 saturated carbocycles. The van der Waals surface area contributed by atoms with Gasteiger partial charge in [0.2, 0.25) is 5.91 Å². The summed E-state index contributed by atoms with van der Waals surface area (Å²) in [7, 11) is 0. The van der Waals surface area contributed by atoms with E-state index in [9.17, 15) is 14.4 Å². The summed E-state index contributed by atoms with van der Waals surface area (Å²) in [4.78, 5) is 39.0. The van der Waals surface area contributed by atoms with E-state index in [1.807, 2.05) is 44.2 Å². The zero-order valence-electron chi connectivity index (χ0n) is 18.4. The van der Waals surface area contributed by atoms with Gasteiger partial charge >= 0.3 is 12.1 Å². The first-order valence-electron chi connectivity index (χ1n) is 9.99. The number of nitrogens with one attached hydrogen (secondary N) is 1. The summed E-state index contributed by atoms with van der Waals surface area (Å²) < 4.78 is 10.3. The summed E-state index contributed by atoms with van der Waals surface area (Å²) in [5.74, 6) is -0.682. The molecule has 29 heavy (non-hydrogen) atoms. The van der Waals surface area contributed by atoms with E-state index < -0.39 is 23.7 Å². The highest BCUT2D eigenvalue weighted by Gasteiger charge is 2.30. The maximum absolute atomic E-state index is 13.3. The third-order valence-electron chi connectivity index (χ3n) is 3.85. The molecule has 0 heterocycles. The number of amides is 2. The number of hydrogen-bond donors (Lipinski definition) is 1. The van der Waals surface area contributed by atoms with Crippen molar-refractivity contribution in [1.82, 2.24) is 10.2 Å². The van der Waals surface area contributed by atoms with Crippen molar-refractivity contribution in [2.24, 2.45) is 5.92 Å². The maximum atomic E-state index is 13.3. The van der Waals surface area contributed by atoms with Crippen LogP contribution in [0.5, 0.6) is 0 Å². The Hall–Kier alpha value is -2.57. The van der Waals surface area contributed by atoms with Gasteiger partial charge < -0.3 is 19.7 Å². The van der Waals surface area contributed by atoms with E-state index in [0.29, 0.717) is 6.42 Å². The molecular formula is C22H34N2O5. The molecule has 7 nitrogen and oxygen atoms in total. The van der Waals surface area contributed by atoms with Crippen molar-refractivity contribution in [1.29, 1.82) is 0 Å². The van der Waals surface area contributed by atoms with Crippen LogP contribution in [0.3, 0.4) is 0 Å². The molecule has 0 unspecified atom stereocenters. The van der Waals surface area contributed by atoms with Crippen LogP contribution in [0.1, 0.15) is 53.5 Å². The average Bonchev–Trinajstić information content (AvgIpc) is 2.59. The Balaban J connectivity index is 3.03. The largest absolute Gasteiger partial charge is 0.465 e. The van der Waals surface area contributed by atoms with Gasteiger partial charge in [-0.25, -0.2) is 4.79 Å². The molecule has 7 heteroatoms. The lowest BCUT2D eigenvalue weighted by molar-refractivity contribution is -0.150. The van der Waals surface area contributed by atoms with Crippen LogP contribution in [0.4, 0.5) is 4.79 Å². The molecule has 0 bridgehead atoms. The lowest BCUT2D eigenvalue weighted by Crippen LogP contribution is -2.51. The number of benzene rings is 1. The van der Waals surface area contributed by atoms with E-state index in [-0.39, 0.29) is 31.5 Å². The zero-order valence-corrected chi connectivity index (χ0v) is 18.4. The minimum Gasteiger partial charge on any atom is -0.465 e. The van der Waals surface area contributed by atoms with Crippen LogP contribution < -0.4 is 5.32 Å². The molecule has 0 radical (unpaired) electrons. The fraction of sp³-hybridized carbons (Fsp3) is 0.591. The van der Waals surface area contributed by atoms with Crippen LogP contribution >= 0.6 is 0 Å². The van der Waals surface area contributed by atoms with Crippen LogP contribution in [-0.4, -0.2) is 47.7 Å². The number of rotatable bonds is 9. The SMILES string of the molecule is CCOC(=O)CN(Cc1ccccc1)C(=O)[C@@H](CC(C)C)NC(=O)OC(C)(C)C. The van der Waals surface area contributed by atoms with E-state index in [1.54, 1.807) is 27.7 Å². The van der Waals surface area contributed by atoms with E-state index in [0.717, 1.165) is 5.56 Å². The molecule has 1 N–H and O–H groups in total. The smallest absolute Gasteiger partial charge is 0.408 e. The number of ether oxygens (including phenoxy) is 2. The fourth-order valence-electron chi connectivity index (χ4n) is 2.74. The Labute approximate surface area is 173 Å². The summed E-state index contributed by atoms with van der Waals surface area (Å²) in [6.45, 7) is 11.2. The molecule has 1 aromatic rings. The van der Waals surface area contributed by atoms with Crippen molar-refractivity contribution in [3.05, 3.63) is 35.9 Å². The van der Waals surface area contributed by atoms with Gasteiger partial charge in [-0.3, -0.25) is 9.59 Å². The van der Waals surface area contributed by atoms with Gasteiger partial charge in [-0.15, -0.1) is 0 Å². The molecule has 1 rings (SSSR count). The molecule has 2 amide bonds. The number of carbonyl (C=O) groups excluding carboxylic acids is 3. The van der Waals surface area contributed by atoms with Gasteiger partial charge in [-0.1, -0.05) is 44.2 Å². The molecule has 1 aromatic carbocycles. The Kier molecular flexibility index (Phi) is 9.65. The van der Waals surface area contributed by atoms with Crippen LogP contribution in [0.2, 0.25) is 0 Å². The van der Waals surface area contributed by atoms with Crippen molar-refractivity contribution in [2.75, 3.05) is 13.2 Å². The number of esters is 1. The van der Waals surface area contributed by atoms with Gasteiger partial charge in [0.05, 0.1) is 6.61 Å². The van der Waals surface area contributed by atoms with E-state index in [2.05, 4.69) is 5.32 Å². The molecule has 0 fully saturated rings. The van der Waals surface area contributed by atoms with Crippen LogP contribution in [0.25, 0.3) is 0 Å². The monoisotopic (exact) mass is 406 g/mol. The molecule has 0 aliphatic rings. The van der Waals surface area contributed by atoms with Crippen LogP contribution in [-0.2, 0) is 25.6 Å². The minimum atomic E-state index is -0.803. The fourth-order valence-corrected chi connectivity index (χ4v) is 2.74. The number of hydrogen-bond acceptors (Lipinski definition) is 5. The molecule has 0 aliphatic carbocycles. The number of nitrogens with zero attached hydrogens (tertiary/aromatic N) is 1. The average molecular weight is 407 g/mol. The van der Waals surface area contributed by atoms with Gasteiger partial charge in [0.25, 0.3) is 0 Å². The summed E-state index contributed by atoms with van der Waals surface area (Å²) in [6.07, 6.45) is -0.237. The molecule has 0 aliphatic heterocycles. The van der Waals surface area contributed by atoms with Crippen molar-refractivity contribution in [3.63, 3.8) is 0 Å². The Morgan fingerprint density at radius 1 is 1.10 bits per heavy atom. The third kappa shape index (κ3) is 9.96. The van der Waals surface area contributed by atoms with Gasteiger partial charge in [-0.2, -0.15) is 0 Å². The second kappa shape index (κ2) is 11.4. The normalized spacial score (nSPS) is 12.2. The highest BCUT2D eigenvalue weighted by molar-refractivity contribution is 5.88. The van der Waals surface area contributed by atoms with E-state index in [1.165, 1.54) is 4.90 Å². The second-order valence-corrected chi connectivity index (χ2v) is 8.31. The van der Waals surface area contributed by atoms with E-state index >= 15 is 0 Å². The first-order chi connectivity index (χ1) is 13.5. The Morgan fingerprint density at radius 3 is 2.24 bits per heavy atom. The number of carbonyl (C=O) groups is 3. The highest BCUT2D eigenvalue weighted by Crippen LogP contribution is 2.14. The predicted molar refractivity (Wildman–Crippen MR) is 111 cm³/mol. The molecule has 0 aromatic heterocycles. The standard InChI is InChI=1S/C22H34N2O5/c1-7-28-19(25)15-24(14-17-11-9-8-10-12-17)20(26)18(13-16(2)3)23-21(27)29-22(4,5)6/h8-12,16,18H,7,13-15H2,1-6H3,(H,23,27)/t18-/m1/s1. The molecule has 162 valence electrons. The van der Waals surface area contributed by atoms with Gasteiger partial charge in [0, 0.05) is 6.54 Å². The molecular weight excluding hydrogens is 372 g/mol. The summed E-state index contributed by atoms with van der Waals surface area (Å²) >= 11 is 0. The van der Waals surface area contributed by atoms with Crippen LogP contribution in [0.15, 0.2) is 30.3 Å². The van der Waals surface area contributed by atoms with E-state index in [4.69, 9.17) is 9.47 Å². The minimum absolute atomic E-state index is 0.153. The van der Waals surface area contributed by atoms with Crippen LogP contribution in [0, 0.1) is 5.92 Å². The van der Waals surface area contributed by atoms with Crippen molar-refractivity contribution >= 4 is 18.0 Å². The predicted octanol–water partition coefficient (Wildman–Crippen LogP) is 3.52. The Bertz CT molecular complexity index is 668. The van der Waals surface area contributed by atoms with Gasteiger partial charge in [-0.05, 0) is 45.6 Å². The molecule has 0 spiro atoms. The zero-order chi connectivity index (χ0) is 22.0. The summed E-state index contributed by atoms with van der Waals surface area (Å²) in [6, 6.07) is 8.57. The lowest BCUT2D eigenvalue weighted by Gasteiger charge is -2.29. The third-order valence-corrected chi connectivity index (χ3v) is 3.85. The first-order valence-corrected chi connectivity index (χ1v) is 9.99. The summed E-state index contributed by atoms with van der Waals surface area (Å²) in [5, 5.41) is 2.67. The second-order valence-electron chi connectivity index (χ2n) is 8.31. The first kappa shape index (κ1) is 24.5. The lowest BCUT2D eigenvalue weighted by atomic mass is 10.0. The van der Waals surface area contributed by atoms with Crippen molar-refractivity contribution in [2.45, 2.75) is 66.2 Å². The summed E-state index contributed by atoms with van der Waals surface area (Å²) in [5.41, 5.74) is 0.204. The topological polar surface area (TPSA) is 84.9 Å². The highest BCUT2D eigenvalue weighted by atomic mass is 16.6. The number of alkyl carbamates (subject to hydrolysis) is 1. The molecule has 1 atom stereocenters.